The van der Waals surface area contributed by atoms with Crippen molar-refractivity contribution in [2.45, 2.75) is 13.0 Å². The Bertz CT molecular complexity index is 384. The van der Waals surface area contributed by atoms with Gasteiger partial charge in [-0.25, -0.2) is 0 Å². The second-order valence-corrected chi connectivity index (χ2v) is 4.67. The quantitative estimate of drug-likeness (QED) is 0.260. The van der Waals surface area contributed by atoms with Crippen molar-refractivity contribution in [1.82, 2.24) is 0 Å². The average molecular weight is 340 g/mol. The van der Waals surface area contributed by atoms with Crippen LogP contribution in [0.15, 0.2) is 23.4 Å². The lowest BCUT2D eigenvalue weighted by molar-refractivity contribution is 0.316. The number of nitrogens with zero attached hydrogens (tertiary/aromatic N) is 1. The smallest absolute Gasteiger partial charge is 0.161 e. The van der Waals surface area contributed by atoms with Gasteiger partial charge in [-0.2, -0.15) is 0 Å². The summed E-state index contributed by atoms with van der Waals surface area (Å²) in [5.74, 6) is 0.115. The van der Waals surface area contributed by atoms with Gasteiger partial charge < -0.3 is 16.3 Å². The molecule has 0 saturated heterocycles. The molecular formula is C9H11ClIN3O. The third kappa shape index (κ3) is 3.42. The fourth-order valence-electron chi connectivity index (χ4n) is 1.00. The van der Waals surface area contributed by atoms with E-state index < -0.39 is 0 Å². The van der Waals surface area contributed by atoms with E-state index in [-0.39, 0.29) is 11.9 Å². The molecule has 0 aromatic heterocycles. The maximum atomic E-state index is 8.49. The van der Waals surface area contributed by atoms with Gasteiger partial charge in [0, 0.05) is 3.57 Å². The Morgan fingerprint density at radius 1 is 1.67 bits per heavy atom. The molecule has 0 spiro atoms. The summed E-state index contributed by atoms with van der Waals surface area (Å²) >= 11 is 8.19. The van der Waals surface area contributed by atoms with E-state index in [2.05, 4.69) is 33.1 Å². The fourth-order valence-corrected chi connectivity index (χ4v) is 1.91. The molecule has 0 aliphatic carbocycles. The lowest BCUT2D eigenvalue weighted by atomic mass is 10.2. The first-order chi connectivity index (χ1) is 7.04. The van der Waals surface area contributed by atoms with Crippen LogP contribution >= 0.6 is 34.2 Å². The Morgan fingerprint density at radius 3 is 2.87 bits per heavy atom. The molecule has 0 saturated carbocycles. The largest absolute Gasteiger partial charge is 0.409 e. The number of hydrogen-bond donors (Lipinski definition) is 3. The van der Waals surface area contributed by atoms with Crippen LogP contribution in [0.25, 0.3) is 0 Å². The molecule has 4 N–H and O–H groups in total. The van der Waals surface area contributed by atoms with Crippen molar-refractivity contribution in [3.8, 4) is 0 Å². The van der Waals surface area contributed by atoms with E-state index >= 15 is 0 Å². The average Bonchev–Trinajstić information content (AvgIpc) is 2.20. The van der Waals surface area contributed by atoms with E-state index in [9.17, 15) is 0 Å². The lowest BCUT2D eigenvalue weighted by Gasteiger charge is -2.14. The molecule has 0 amide bonds. The standard InChI is InChI=1S/C9H11ClIN3O/c1-5(9(12)14-15)13-8-3-2-6(11)4-7(8)10/h2-5,13,15H,1H3,(H2,12,14). The zero-order chi connectivity index (χ0) is 11.4. The maximum absolute atomic E-state index is 8.49. The predicted molar refractivity (Wildman–Crippen MR) is 70.7 cm³/mol. The summed E-state index contributed by atoms with van der Waals surface area (Å²) in [6.45, 7) is 1.78. The molecule has 1 rings (SSSR count). The second kappa shape index (κ2) is 5.41. The van der Waals surface area contributed by atoms with Gasteiger partial charge in [0.05, 0.1) is 16.8 Å². The van der Waals surface area contributed by atoms with Gasteiger partial charge in [0.25, 0.3) is 0 Å². The highest BCUT2D eigenvalue weighted by Crippen LogP contribution is 2.24. The predicted octanol–water partition coefficient (Wildman–Crippen LogP) is 2.49. The Balaban J connectivity index is 2.81. The molecule has 0 heterocycles. The molecule has 1 aromatic rings. The third-order valence-corrected chi connectivity index (χ3v) is 2.85. The molecule has 4 nitrogen and oxygen atoms in total. The Labute approximate surface area is 107 Å². The minimum atomic E-state index is -0.271. The molecule has 0 fully saturated rings. The van der Waals surface area contributed by atoms with E-state index in [0.29, 0.717) is 5.02 Å². The van der Waals surface area contributed by atoms with E-state index in [4.69, 9.17) is 22.5 Å². The molecule has 6 heteroatoms. The second-order valence-electron chi connectivity index (χ2n) is 3.02. The topological polar surface area (TPSA) is 70.6 Å². The van der Waals surface area contributed by atoms with E-state index in [1.807, 2.05) is 18.2 Å². The fraction of sp³-hybridized carbons (Fsp3) is 0.222. The normalized spacial score (nSPS) is 13.7. The van der Waals surface area contributed by atoms with Crippen LogP contribution in [0.4, 0.5) is 5.69 Å². The Morgan fingerprint density at radius 2 is 2.33 bits per heavy atom. The first-order valence-electron chi connectivity index (χ1n) is 4.23. The molecule has 0 bridgehead atoms. The van der Waals surface area contributed by atoms with Crippen LogP contribution in [0.1, 0.15) is 6.92 Å². The van der Waals surface area contributed by atoms with Gasteiger partial charge in [0.1, 0.15) is 0 Å². The summed E-state index contributed by atoms with van der Waals surface area (Å²) in [7, 11) is 0. The molecule has 1 aromatic carbocycles. The number of oxime groups is 1. The first-order valence-corrected chi connectivity index (χ1v) is 5.69. The van der Waals surface area contributed by atoms with Crippen LogP contribution in [0.5, 0.6) is 0 Å². The summed E-state index contributed by atoms with van der Waals surface area (Å²) in [6.07, 6.45) is 0. The van der Waals surface area contributed by atoms with E-state index in [1.165, 1.54) is 0 Å². The number of benzene rings is 1. The number of anilines is 1. The Hall–Kier alpha value is -0.690. The molecule has 0 aliphatic heterocycles. The molecular weight excluding hydrogens is 328 g/mol. The minimum Gasteiger partial charge on any atom is -0.409 e. The van der Waals surface area contributed by atoms with Crippen LogP contribution in [0.2, 0.25) is 5.02 Å². The zero-order valence-electron chi connectivity index (χ0n) is 8.04. The minimum absolute atomic E-state index is 0.115. The van der Waals surface area contributed by atoms with Crippen LogP contribution < -0.4 is 11.1 Å². The number of halogens is 2. The highest BCUT2D eigenvalue weighted by molar-refractivity contribution is 14.1. The Kier molecular flexibility index (Phi) is 4.46. The number of amidine groups is 1. The van der Waals surface area contributed by atoms with E-state index in [0.717, 1.165) is 9.26 Å². The SMILES string of the molecule is CC(Nc1ccc(I)cc1Cl)/C(N)=N/O. The van der Waals surface area contributed by atoms with Crippen molar-refractivity contribution >= 4 is 45.7 Å². The summed E-state index contributed by atoms with van der Waals surface area (Å²) in [5, 5.41) is 15.1. The van der Waals surface area contributed by atoms with Gasteiger partial charge in [-0.05, 0) is 47.7 Å². The summed E-state index contributed by atoms with van der Waals surface area (Å²) in [6, 6.07) is 5.34. The zero-order valence-corrected chi connectivity index (χ0v) is 11.0. The summed E-state index contributed by atoms with van der Waals surface area (Å²) in [5.41, 5.74) is 6.20. The van der Waals surface area contributed by atoms with Crippen molar-refractivity contribution < 1.29 is 5.21 Å². The molecule has 0 radical (unpaired) electrons. The lowest BCUT2D eigenvalue weighted by Crippen LogP contribution is -2.32. The van der Waals surface area contributed by atoms with Crippen molar-refractivity contribution in [2.75, 3.05) is 5.32 Å². The summed E-state index contributed by atoms with van der Waals surface area (Å²) < 4.78 is 1.06. The van der Waals surface area contributed by atoms with Gasteiger partial charge in [0.15, 0.2) is 5.84 Å². The number of hydrogen-bond acceptors (Lipinski definition) is 3. The van der Waals surface area contributed by atoms with Crippen LogP contribution in [0.3, 0.4) is 0 Å². The van der Waals surface area contributed by atoms with Gasteiger partial charge in [-0.1, -0.05) is 16.8 Å². The van der Waals surface area contributed by atoms with Gasteiger partial charge in [0.2, 0.25) is 0 Å². The molecule has 0 aliphatic rings. The van der Waals surface area contributed by atoms with Crippen LogP contribution in [0, 0.1) is 3.57 Å². The number of rotatable bonds is 3. The van der Waals surface area contributed by atoms with Crippen LogP contribution in [-0.4, -0.2) is 17.1 Å². The van der Waals surface area contributed by atoms with Crippen molar-refractivity contribution in [1.29, 1.82) is 0 Å². The van der Waals surface area contributed by atoms with Crippen molar-refractivity contribution in [2.24, 2.45) is 10.9 Å². The summed E-state index contributed by atoms with van der Waals surface area (Å²) in [4.78, 5) is 0. The molecule has 82 valence electrons. The highest BCUT2D eigenvalue weighted by atomic mass is 127. The van der Waals surface area contributed by atoms with E-state index in [1.54, 1.807) is 6.92 Å². The monoisotopic (exact) mass is 339 g/mol. The van der Waals surface area contributed by atoms with Gasteiger partial charge >= 0.3 is 0 Å². The highest BCUT2D eigenvalue weighted by Gasteiger charge is 2.09. The van der Waals surface area contributed by atoms with Gasteiger partial charge in [-0.15, -0.1) is 0 Å². The van der Waals surface area contributed by atoms with Crippen molar-refractivity contribution in [3.05, 3.63) is 26.8 Å². The number of nitrogens with two attached hydrogens (primary N) is 1. The van der Waals surface area contributed by atoms with Crippen LogP contribution in [-0.2, 0) is 0 Å². The van der Waals surface area contributed by atoms with Crippen molar-refractivity contribution in [3.63, 3.8) is 0 Å². The number of nitrogens with one attached hydrogen (secondary N) is 1. The molecule has 15 heavy (non-hydrogen) atoms. The molecule has 1 unspecified atom stereocenters. The molecule has 1 atom stereocenters. The third-order valence-electron chi connectivity index (χ3n) is 1.86. The maximum Gasteiger partial charge on any atom is 0.161 e. The van der Waals surface area contributed by atoms with Gasteiger partial charge in [-0.3, -0.25) is 0 Å². The first kappa shape index (κ1) is 12.4.